The summed E-state index contributed by atoms with van der Waals surface area (Å²) in [6.07, 6.45) is 1.65. The number of aromatic nitrogens is 3. The second-order valence-electron chi connectivity index (χ2n) is 9.00. The van der Waals surface area contributed by atoms with Gasteiger partial charge in [-0.3, -0.25) is 0 Å². The normalized spacial score (nSPS) is 12.5. The van der Waals surface area contributed by atoms with Crippen molar-refractivity contribution < 1.29 is 9.52 Å². The molecule has 5 nitrogen and oxygen atoms in total. The van der Waals surface area contributed by atoms with Gasteiger partial charge in [0.2, 0.25) is 11.0 Å². The summed E-state index contributed by atoms with van der Waals surface area (Å²) in [5.41, 5.74) is 2.27. The third-order valence-corrected chi connectivity index (χ3v) is 6.87. The van der Waals surface area contributed by atoms with Crippen LogP contribution >= 0.6 is 21.6 Å². The van der Waals surface area contributed by atoms with Crippen molar-refractivity contribution in [1.82, 2.24) is 14.8 Å². The molecule has 0 atom stereocenters. The van der Waals surface area contributed by atoms with Crippen LogP contribution in [-0.4, -0.2) is 25.6 Å². The van der Waals surface area contributed by atoms with Crippen LogP contribution in [0.15, 0.2) is 40.1 Å². The third-order valence-electron chi connectivity index (χ3n) is 4.60. The summed E-state index contributed by atoms with van der Waals surface area (Å²) in [6.45, 7) is 14.7. The minimum absolute atomic E-state index is 0.217. The Morgan fingerprint density at radius 1 is 1.03 bits per heavy atom. The summed E-state index contributed by atoms with van der Waals surface area (Å²) >= 11 is 0. The summed E-state index contributed by atoms with van der Waals surface area (Å²) in [4.78, 5) is 0. The zero-order chi connectivity index (χ0) is 21.4. The molecule has 2 heterocycles. The van der Waals surface area contributed by atoms with Gasteiger partial charge in [0.25, 0.3) is 0 Å². The molecule has 7 heteroatoms. The smallest absolute Gasteiger partial charge is 0.209 e. The van der Waals surface area contributed by atoms with Crippen LogP contribution in [-0.2, 0) is 10.8 Å². The Balaban J connectivity index is 2.27. The molecule has 0 aliphatic carbocycles. The van der Waals surface area contributed by atoms with Gasteiger partial charge in [0.15, 0.2) is 5.82 Å². The Labute approximate surface area is 180 Å². The predicted molar refractivity (Wildman–Crippen MR) is 122 cm³/mol. The molecule has 0 fully saturated rings. The second-order valence-corrected chi connectivity index (χ2v) is 11.6. The Morgan fingerprint density at radius 2 is 1.66 bits per heavy atom. The average Bonchev–Trinajstić information content (AvgIpc) is 3.27. The molecule has 0 unspecified atom stereocenters. The van der Waals surface area contributed by atoms with E-state index in [1.165, 1.54) is 0 Å². The van der Waals surface area contributed by atoms with Crippen molar-refractivity contribution in [3.8, 4) is 23.0 Å². The number of phenols is 1. The van der Waals surface area contributed by atoms with E-state index < -0.39 is 0 Å². The molecular weight excluding hydrogens is 402 g/mol. The van der Waals surface area contributed by atoms with E-state index in [-0.39, 0.29) is 10.8 Å². The van der Waals surface area contributed by atoms with Gasteiger partial charge in [0, 0.05) is 28.5 Å². The molecule has 0 amide bonds. The predicted octanol–water partition coefficient (Wildman–Crippen LogP) is 6.59. The van der Waals surface area contributed by atoms with Crippen molar-refractivity contribution >= 4 is 21.6 Å². The highest BCUT2D eigenvalue weighted by atomic mass is 33.1. The maximum absolute atomic E-state index is 11.0. The van der Waals surface area contributed by atoms with Crippen molar-refractivity contribution in [3.05, 3.63) is 41.7 Å². The van der Waals surface area contributed by atoms with Gasteiger partial charge in [0.1, 0.15) is 5.75 Å². The van der Waals surface area contributed by atoms with Gasteiger partial charge < -0.3 is 9.52 Å². The van der Waals surface area contributed by atoms with Crippen molar-refractivity contribution in [3.63, 3.8) is 0 Å². The summed E-state index contributed by atoms with van der Waals surface area (Å²) < 4.78 is 7.63. The van der Waals surface area contributed by atoms with Gasteiger partial charge in [0.05, 0.1) is 6.26 Å². The molecule has 1 N–H and O–H groups in total. The highest BCUT2D eigenvalue weighted by molar-refractivity contribution is 8.76. The van der Waals surface area contributed by atoms with Crippen molar-refractivity contribution in [1.29, 1.82) is 0 Å². The monoisotopic (exact) mass is 431 g/mol. The lowest BCUT2D eigenvalue weighted by Crippen LogP contribution is -2.17. The number of rotatable bonds is 5. The molecule has 0 saturated carbocycles. The highest BCUT2D eigenvalue weighted by Gasteiger charge is 2.28. The van der Waals surface area contributed by atoms with Crippen LogP contribution < -0.4 is 0 Å². The lowest BCUT2D eigenvalue weighted by atomic mass is 9.78. The van der Waals surface area contributed by atoms with Crippen LogP contribution in [0.5, 0.6) is 5.75 Å². The molecular formula is C22H29N3O2S2. The maximum Gasteiger partial charge on any atom is 0.209 e. The zero-order valence-electron chi connectivity index (χ0n) is 18.1. The van der Waals surface area contributed by atoms with Gasteiger partial charge in [-0.05, 0) is 39.8 Å². The number of phenolic OH excluding ortho intramolecular Hbond substituents is 1. The van der Waals surface area contributed by atoms with Crippen LogP contribution in [0.2, 0.25) is 0 Å². The van der Waals surface area contributed by atoms with Crippen LogP contribution in [0.25, 0.3) is 17.3 Å². The van der Waals surface area contributed by atoms with E-state index in [9.17, 15) is 5.11 Å². The second kappa shape index (κ2) is 8.11. The fourth-order valence-electron chi connectivity index (χ4n) is 3.13. The number of nitrogens with zero attached hydrogens (tertiary/aromatic N) is 3. The van der Waals surface area contributed by atoms with Gasteiger partial charge >= 0.3 is 0 Å². The molecule has 3 aromatic rings. The SMILES string of the molecule is CCSSc1nnc(-c2cc(C(C)(C)C)c(O)c(C(C)(C)C)c2)n1-c1ccco1. The Bertz CT molecular complexity index is 946. The molecule has 3 rings (SSSR count). The fourth-order valence-corrected chi connectivity index (χ4v) is 4.67. The van der Waals surface area contributed by atoms with E-state index >= 15 is 0 Å². The van der Waals surface area contributed by atoms with E-state index in [2.05, 4.69) is 58.7 Å². The molecule has 0 radical (unpaired) electrons. The standard InChI is InChI=1S/C22H29N3O2S2/c1-8-28-29-20-24-23-19(25(20)17-10-9-11-27-17)14-12-15(21(2,3)4)18(26)16(13-14)22(5,6)7/h9-13,26H,8H2,1-7H3. The molecule has 2 aromatic heterocycles. The lowest BCUT2D eigenvalue weighted by Gasteiger charge is -2.28. The minimum Gasteiger partial charge on any atom is -0.507 e. The Morgan fingerprint density at radius 3 is 2.14 bits per heavy atom. The number of furan rings is 1. The fraction of sp³-hybridized carbons (Fsp3) is 0.455. The first-order chi connectivity index (χ1) is 13.5. The summed E-state index contributed by atoms with van der Waals surface area (Å²) in [6, 6.07) is 7.81. The van der Waals surface area contributed by atoms with Crippen LogP contribution in [0, 0.1) is 0 Å². The first-order valence-corrected chi connectivity index (χ1v) is 12.0. The largest absolute Gasteiger partial charge is 0.507 e. The molecule has 1 aromatic carbocycles. The topological polar surface area (TPSA) is 64.1 Å². The number of hydrogen-bond donors (Lipinski definition) is 1. The van der Waals surface area contributed by atoms with Crippen molar-refractivity contribution in [2.24, 2.45) is 0 Å². The van der Waals surface area contributed by atoms with E-state index in [4.69, 9.17) is 4.42 Å². The first-order valence-electron chi connectivity index (χ1n) is 9.71. The van der Waals surface area contributed by atoms with Gasteiger partial charge in [-0.25, -0.2) is 4.57 Å². The molecule has 0 aliphatic rings. The number of benzene rings is 1. The molecule has 0 bridgehead atoms. The number of aromatic hydroxyl groups is 1. The quantitative estimate of drug-likeness (QED) is 0.460. The summed E-state index contributed by atoms with van der Waals surface area (Å²) in [5.74, 6) is 2.70. The van der Waals surface area contributed by atoms with Crippen LogP contribution in [0.3, 0.4) is 0 Å². The van der Waals surface area contributed by atoms with Gasteiger partial charge in [-0.1, -0.05) is 59.3 Å². The summed E-state index contributed by atoms with van der Waals surface area (Å²) in [7, 11) is 3.29. The molecule has 0 spiro atoms. The highest BCUT2D eigenvalue weighted by Crippen LogP contribution is 2.43. The van der Waals surface area contributed by atoms with Crippen molar-refractivity contribution in [2.75, 3.05) is 5.75 Å². The summed E-state index contributed by atoms with van der Waals surface area (Å²) in [5, 5.41) is 20.7. The molecule has 156 valence electrons. The number of hydrogen-bond acceptors (Lipinski definition) is 6. The first kappa shape index (κ1) is 21.8. The van der Waals surface area contributed by atoms with Crippen LogP contribution in [0.4, 0.5) is 0 Å². The van der Waals surface area contributed by atoms with Gasteiger partial charge in [-0.15, -0.1) is 10.2 Å². The van der Waals surface area contributed by atoms with E-state index in [0.717, 1.165) is 27.6 Å². The Hall–Kier alpha value is -1.86. The van der Waals surface area contributed by atoms with E-state index in [1.54, 1.807) is 27.9 Å². The molecule has 0 aliphatic heterocycles. The van der Waals surface area contributed by atoms with Gasteiger partial charge in [-0.2, -0.15) is 0 Å². The minimum atomic E-state index is -0.217. The molecule has 29 heavy (non-hydrogen) atoms. The van der Waals surface area contributed by atoms with Crippen LogP contribution in [0.1, 0.15) is 59.6 Å². The average molecular weight is 432 g/mol. The molecule has 0 saturated heterocycles. The third kappa shape index (κ3) is 4.51. The maximum atomic E-state index is 11.0. The zero-order valence-corrected chi connectivity index (χ0v) is 19.7. The van der Waals surface area contributed by atoms with Crippen molar-refractivity contribution in [2.45, 2.75) is 64.5 Å². The van der Waals surface area contributed by atoms with E-state index in [1.807, 2.05) is 28.8 Å². The van der Waals surface area contributed by atoms with E-state index in [0.29, 0.717) is 17.5 Å². The lowest BCUT2D eigenvalue weighted by molar-refractivity contribution is 0.423. The Kier molecular flexibility index (Phi) is 6.11.